The molecule has 0 atom stereocenters. The van der Waals surface area contributed by atoms with Gasteiger partial charge in [0.05, 0.1) is 0 Å². The predicted octanol–water partition coefficient (Wildman–Crippen LogP) is 1.33. The van der Waals surface area contributed by atoms with Crippen LogP contribution in [0.5, 0.6) is 0 Å². The summed E-state index contributed by atoms with van der Waals surface area (Å²) in [5.74, 6) is 0. The summed E-state index contributed by atoms with van der Waals surface area (Å²) in [4.78, 5) is 0. The number of unbranched alkanes of at least 4 members (excludes halogenated alkanes) is 1. The Morgan fingerprint density at radius 1 is 1.50 bits per heavy atom. The van der Waals surface area contributed by atoms with E-state index in [1.54, 1.807) is 0 Å². The molecule has 0 saturated carbocycles. The van der Waals surface area contributed by atoms with Crippen LogP contribution in [0.3, 0.4) is 0 Å². The van der Waals surface area contributed by atoms with Crippen LogP contribution in [0.15, 0.2) is 0 Å². The summed E-state index contributed by atoms with van der Waals surface area (Å²) >= 11 is 0. The number of rotatable bonds is 1. The van der Waals surface area contributed by atoms with E-state index in [9.17, 15) is 0 Å². The zero-order valence-corrected chi connectivity index (χ0v) is 6.47. The molecule has 0 aromatic rings. The van der Waals surface area contributed by atoms with Gasteiger partial charge >= 0.3 is 17.1 Å². The second-order valence-corrected chi connectivity index (χ2v) is 0.816. The summed E-state index contributed by atoms with van der Waals surface area (Å²) in [7, 11) is 0. The normalized spacial score (nSPS) is 4.00. The Labute approximate surface area is 74.5 Å². The molecule has 1 nitrogen and oxygen atoms in total. The number of hydrogen-bond donors (Lipinski definition) is 0. The first kappa shape index (κ1) is 23.5. The van der Waals surface area contributed by atoms with E-state index in [2.05, 4.69) is 20.3 Å². The third kappa shape index (κ3) is 80.4. The molecule has 0 aliphatic heterocycles. The van der Waals surface area contributed by atoms with E-state index in [1.807, 2.05) is 0 Å². The van der Waals surface area contributed by atoms with Gasteiger partial charge in [-0.15, -0.1) is 0 Å². The first-order valence-electron chi connectivity index (χ1n) is 1.92. The SMILES string of the molecule is C[CH-]CC.[C-]#N.[Cu+2].[Li]. The van der Waals surface area contributed by atoms with Gasteiger partial charge in [-0.2, -0.15) is 13.3 Å². The van der Waals surface area contributed by atoms with Gasteiger partial charge in [-0.05, 0) is 0 Å². The molecule has 2 radical (unpaired) electrons. The van der Waals surface area contributed by atoms with Crippen molar-refractivity contribution < 1.29 is 17.1 Å². The second-order valence-electron chi connectivity index (χ2n) is 0.816. The summed E-state index contributed by atoms with van der Waals surface area (Å²) in [6.07, 6.45) is 3.32. The summed E-state index contributed by atoms with van der Waals surface area (Å²) in [6, 6.07) is 0. The van der Waals surface area contributed by atoms with E-state index in [1.165, 1.54) is 6.42 Å². The molecule has 3 heteroatoms. The van der Waals surface area contributed by atoms with E-state index in [4.69, 9.17) is 11.8 Å². The second kappa shape index (κ2) is 48.9. The minimum atomic E-state index is 0. The summed E-state index contributed by atoms with van der Waals surface area (Å²) in [5, 5.41) is 6.25. The van der Waals surface area contributed by atoms with Crippen LogP contribution >= 0.6 is 0 Å². The fourth-order valence-electron chi connectivity index (χ4n) is 0. The van der Waals surface area contributed by atoms with E-state index in [0.717, 1.165) is 0 Å². The Balaban J connectivity index is -0.0000000183. The Morgan fingerprint density at radius 2 is 1.62 bits per heavy atom. The fraction of sp³-hybridized carbons (Fsp3) is 0.600. The van der Waals surface area contributed by atoms with Gasteiger partial charge in [0.25, 0.3) is 0 Å². The smallest absolute Gasteiger partial charge is 0.512 e. The van der Waals surface area contributed by atoms with E-state index in [0.29, 0.717) is 0 Å². The minimum Gasteiger partial charge on any atom is -0.512 e. The molecule has 46 valence electrons. The van der Waals surface area contributed by atoms with Crippen LogP contribution < -0.4 is 0 Å². The summed E-state index contributed by atoms with van der Waals surface area (Å²) < 4.78 is 0. The van der Waals surface area contributed by atoms with E-state index in [-0.39, 0.29) is 35.9 Å². The summed E-state index contributed by atoms with van der Waals surface area (Å²) in [6.45, 7) is 8.93. The Kier molecular flexibility index (Phi) is 143. The van der Waals surface area contributed by atoms with Crippen LogP contribution in [-0.4, -0.2) is 18.9 Å². The van der Waals surface area contributed by atoms with Crippen LogP contribution in [0.1, 0.15) is 20.3 Å². The van der Waals surface area contributed by atoms with Gasteiger partial charge in [0.1, 0.15) is 0 Å². The van der Waals surface area contributed by atoms with Crippen LogP contribution in [0.4, 0.5) is 0 Å². The van der Waals surface area contributed by atoms with Crippen molar-refractivity contribution in [3.8, 4) is 0 Å². The molecule has 0 spiro atoms. The molecule has 0 fully saturated rings. The van der Waals surface area contributed by atoms with E-state index >= 15 is 0 Å². The van der Waals surface area contributed by atoms with Gasteiger partial charge < -0.3 is 18.3 Å². The van der Waals surface area contributed by atoms with Gasteiger partial charge in [0, 0.05) is 18.9 Å². The molecule has 0 N–H and O–H groups in total. The molecule has 0 aliphatic rings. The summed E-state index contributed by atoms with van der Waals surface area (Å²) in [5.41, 5.74) is 0. The average molecular weight is 154 g/mol. The topological polar surface area (TPSA) is 23.8 Å². The van der Waals surface area contributed by atoms with E-state index < -0.39 is 0 Å². The Bertz CT molecular complexity index is 28.9. The van der Waals surface area contributed by atoms with Crippen molar-refractivity contribution in [3.05, 3.63) is 13.0 Å². The van der Waals surface area contributed by atoms with Crippen LogP contribution in [-0.2, 0) is 17.1 Å². The van der Waals surface area contributed by atoms with Gasteiger partial charge in [0.2, 0.25) is 0 Å². The first-order valence-corrected chi connectivity index (χ1v) is 1.92. The standard InChI is InChI=1S/C4H9.CN.Cu.Li/c1-3-4-2;1-2;;/h3H,4H2,1-2H3;;;/q2*-1;+2;. The maximum Gasteiger partial charge on any atom is 2.00 e. The molecular formula is C5H9CuLiN. The zero-order chi connectivity index (χ0) is 5.41. The van der Waals surface area contributed by atoms with Crippen molar-refractivity contribution in [1.29, 1.82) is 5.26 Å². The third-order valence-electron chi connectivity index (χ3n) is 0.408. The molecule has 0 aromatic carbocycles. The van der Waals surface area contributed by atoms with Gasteiger partial charge in [-0.1, -0.05) is 6.92 Å². The third-order valence-corrected chi connectivity index (χ3v) is 0.408. The maximum absolute atomic E-state index is 6.25. The fourth-order valence-corrected chi connectivity index (χ4v) is 0. The molecule has 0 saturated heterocycles. The molecule has 0 amide bonds. The van der Waals surface area contributed by atoms with Crippen LogP contribution in [0.2, 0.25) is 0 Å². The molecule has 0 aliphatic carbocycles. The van der Waals surface area contributed by atoms with Gasteiger partial charge in [-0.25, -0.2) is 0 Å². The Morgan fingerprint density at radius 3 is 1.62 bits per heavy atom. The van der Waals surface area contributed by atoms with Crippen molar-refractivity contribution >= 4 is 18.9 Å². The Hall–Kier alpha value is 0.607. The number of hydrogen-bond acceptors (Lipinski definition) is 1. The maximum atomic E-state index is 6.25. The van der Waals surface area contributed by atoms with Crippen molar-refractivity contribution in [1.82, 2.24) is 0 Å². The minimum absolute atomic E-state index is 0. The van der Waals surface area contributed by atoms with Crippen molar-refractivity contribution in [2.45, 2.75) is 20.3 Å². The van der Waals surface area contributed by atoms with Crippen molar-refractivity contribution in [2.75, 3.05) is 0 Å². The van der Waals surface area contributed by atoms with Crippen molar-refractivity contribution in [2.24, 2.45) is 0 Å². The molecular weight excluding hydrogens is 145 g/mol. The molecule has 0 heterocycles. The van der Waals surface area contributed by atoms with Crippen molar-refractivity contribution in [3.63, 3.8) is 0 Å². The molecule has 0 bridgehead atoms. The molecule has 0 rings (SSSR count). The molecule has 0 unspecified atom stereocenters. The predicted molar refractivity (Wildman–Crippen MR) is 31.0 cm³/mol. The zero-order valence-electron chi connectivity index (χ0n) is 5.53. The first-order chi connectivity index (χ1) is 2.91. The molecule has 0 aromatic heterocycles. The largest absolute Gasteiger partial charge is 2.00 e. The van der Waals surface area contributed by atoms with Gasteiger partial charge in [0.15, 0.2) is 0 Å². The van der Waals surface area contributed by atoms with Gasteiger partial charge in [-0.3, -0.25) is 0 Å². The van der Waals surface area contributed by atoms with Crippen LogP contribution in [0.25, 0.3) is 0 Å². The quantitative estimate of drug-likeness (QED) is 0.412. The van der Waals surface area contributed by atoms with Crippen LogP contribution in [0, 0.1) is 18.3 Å². The monoisotopic (exact) mass is 153 g/mol. The molecule has 8 heavy (non-hydrogen) atoms. The number of nitrogens with zero attached hydrogens (tertiary/aromatic N) is 1. The average Bonchev–Trinajstić information content (AvgIpc) is 1.72.